The number of nitrogens with one attached hydrogen (secondary N) is 1. The Bertz CT molecular complexity index is 475. The van der Waals surface area contributed by atoms with E-state index in [-0.39, 0.29) is 12.0 Å². The van der Waals surface area contributed by atoms with Crippen molar-refractivity contribution >= 4 is 23.3 Å². The number of carbonyl (C=O) groups excluding carboxylic acids is 1. The van der Waals surface area contributed by atoms with Crippen LogP contribution in [0.1, 0.15) is 36.0 Å². The molecule has 6 heteroatoms. The molecule has 0 unspecified atom stereocenters. The molecule has 1 aromatic heterocycles. The van der Waals surface area contributed by atoms with Crippen molar-refractivity contribution in [2.45, 2.75) is 25.7 Å². The van der Waals surface area contributed by atoms with Crippen LogP contribution in [0.4, 0.5) is 5.82 Å². The van der Waals surface area contributed by atoms with Crippen LogP contribution in [0.3, 0.4) is 0 Å². The second-order valence-corrected chi connectivity index (χ2v) is 5.51. The normalized spacial score (nSPS) is 16.7. The Morgan fingerprint density at radius 1 is 1.58 bits per heavy atom. The number of aromatic nitrogens is 1. The predicted octanol–water partition coefficient (Wildman–Crippen LogP) is 1.80. The maximum absolute atomic E-state index is 11.0. The molecule has 104 valence electrons. The van der Waals surface area contributed by atoms with E-state index in [4.69, 9.17) is 22.4 Å². The van der Waals surface area contributed by atoms with Crippen LogP contribution in [-0.4, -0.2) is 29.1 Å². The third kappa shape index (κ3) is 3.16. The molecule has 0 spiro atoms. The van der Waals surface area contributed by atoms with Crippen LogP contribution in [0.5, 0.6) is 0 Å². The first-order chi connectivity index (χ1) is 9.06. The second kappa shape index (κ2) is 5.75. The van der Waals surface area contributed by atoms with Crippen LogP contribution >= 0.6 is 11.6 Å². The van der Waals surface area contributed by atoms with Crippen molar-refractivity contribution < 1.29 is 9.90 Å². The first-order valence-corrected chi connectivity index (χ1v) is 6.74. The van der Waals surface area contributed by atoms with Gasteiger partial charge in [0.25, 0.3) is 0 Å². The van der Waals surface area contributed by atoms with Gasteiger partial charge in [0.15, 0.2) is 0 Å². The van der Waals surface area contributed by atoms with Gasteiger partial charge in [-0.2, -0.15) is 0 Å². The van der Waals surface area contributed by atoms with E-state index in [2.05, 4.69) is 10.3 Å². The highest BCUT2D eigenvalue weighted by molar-refractivity contribution is 6.33. The number of carbonyl (C=O) groups is 1. The quantitative estimate of drug-likeness (QED) is 0.743. The van der Waals surface area contributed by atoms with Crippen LogP contribution in [0, 0.1) is 5.41 Å². The van der Waals surface area contributed by atoms with Crippen molar-refractivity contribution in [1.29, 1.82) is 0 Å². The van der Waals surface area contributed by atoms with Gasteiger partial charge in [0, 0.05) is 19.3 Å². The maximum Gasteiger partial charge on any atom is 0.250 e. The van der Waals surface area contributed by atoms with Gasteiger partial charge in [-0.25, -0.2) is 4.98 Å². The van der Waals surface area contributed by atoms with Crippen molar-refractivity contribution in [3.8, 4) is 0 Å². The molecule has 0 atom stereocenters. The molecule has 1 aromatic rings. The zero-order valence-corrected chi connectivity index (χ0v) is 11.4. The molecular formula is C13H18ClN3O2. The third-order valence-corrected chi connectivity index (χ3v) is 4.10. The highest BCUT2D eigenvalue weighted by Gasteiger charge is 2.36. The summed E-state index contributed by atoms with van der Waals surface area (Å²) in [4.78, 5) is 15.1. The zero-order chi connectivity index (χ0) is 13.9. The van der Waals surface area contributed by atoms with Crippen molar-refractivity contribution in [3.05, 3.63) is 22.8 Å². The Kier molecular flexibility index (Phi) is 4.27. The fourth-order valence-corrected chi connectivity index (χ4v) is 2.64. The number of primary amides is 1. The highest BCUT2D eigenvalue weighted by atomic mass is 35.5. The summed E-state index contributed by atoms with van der Waals surface area (Å²) in [5.41, 5.74) is 5.61. The van der Waals surface area contributed by atoms with Crippen molar-refractivity contribution in [3.63, 3.8) is 0 Å². The smallest absolute Gasteiger partial charge is 0.250 e. The lowest BCUT2D eigenvalue weighted by Gasteiger charge is -2.42. The first-order valence-electron chi connectivity index (χ1n) is 6.36. The third-order valence-electron chi connectivity index (χ3n) is 3.81. The van der Waals surface area contributed by atoms with E-state index in [1.165, 1.54) is 18.7 Å². The summed E-state index contributed by atoms with van der Waals surface area (Å²) in [5.74, 6) is 0.00701. The van der Waals surface area contributed by atoms with Crippen LogP contribution in [0.15, 0.2) is 12.3 Å². The molecule has 5 nitrogen and oxygen atoms in total. The summed E-state index contributed by atoms with van der Waals surface area (Å²) in [6.07, 6.45) is 5.62. The average Bonchev–Trinajstić information content (AvgIpc) is 2.33. The molecule has 1 aliphatic carbocycles. The Morgan fingerprint density at radius 3 is 2.79 bits per heavy atom. The number of hydrogen-bond acceptors (Lipinski definition) is 4. The summed E-state index contributed by atoms with van der Waals surface area (Å²) in [5, 5.41) is 12.7. The number of aliphatic hydroxyl groups is 1. The van der Waals surface area contributed by atoms with Gasteiger partial charge in [-0.1, -0.05) is 18.0 Å². The number of pyridine rings is 1. The minimum atomic E-state index is -0.545. The Balaban J connectivity index is 2.01. The lowest BCUT2D eigenvalue weighted by Crippen LogP contribution is -2.37. The topological polar surface area (TPSA) is 88.2 Å². The van der Waals surface area contributed by atoms with Gasteiger partial charge >= 0.3 is 0 Å². The molecule has 0 aliphatic heterocycles. The molecule has 0 aromatic carbocycles. The molecule has 4 N–H and O–H groups in total. The number of halogens is 1. The molecule has 1 amide bonds. The maximum atomic E-state index is 11.0. The Morgan fingerprint density at radius 2 is 2.32 bits per heavy atom. The predicted molar refractivity (Wildman–Crippen MR) is 74.2 cm³/mol. The van der Waals surface area contributed by atoms with Crippen LogP contribution in [0.25, 0.3) is 0 Å². The molecule has 0 radical (unpaired) electrons. The standard InChI is InChI=1S/C13H18ClN3O2/c14-10-6-9(11(15)19)7-16-12(10)17-8-13(4-5-18)2-1-3-13/h6-7,18H,1-5,8H2,(H2,15,19)(H,16,17). The molecule has 0 saturated heterocycles. The van der Waals surface area contributed by atoms with Crippen LogP contribution in [-0.2, 0) is 0 Å². The number of rotatable bonds is 6. The number of aliphatic hydroxyl groups excluding tert-OH is 1. The second-order valence-electron chi connectivity index (χ2n) is 5.10. The number of amides is 1. The van der Waals surface area contributed by atoms with E-state index in [9.17, 15) is 4.79 Å². The number of anilines is 1. The lowest BCUT2D eigenvalue weighted by molar-refractivity contribution is 0.0997. The Labute approximate surface area is 117 Å². The highest BCUT2D eigenvalue weighted by Crippen LogP contribution is 2.43. The summed E-state index contributed by atoms with van der Waals surface area (Å²) in [7, 11) is 0. The van der Waals surface area contributed by atoms with Crippen molar-refractivity contribution in [1.82, 2.24) is 4.98 Å². The van der Waals surface area contributed by atoms with E-state index in [1.807, 2.05) is 0 Å². The van der Waals surface area contributed by atoms with Crippen LogP contribution < -0.4 is 11.1 Å². The van der Waals surface area contributed by atoms with Gasteiger partial charge in [0.2, 0.25) is 5.91 Å². The number of nitrogens with zero attached hydrogens (tertiary/aromatic N) is 1. The molecule has 1 heterocycles. The Hall–Kier alpha value is -1.33. The molecular weight excluding hydrogens is 266 g/mol. The monoisotopic (exact) mass is 283 g/mol. The minimum absolute atomic E-state index is 0.155. The van der Waals surface area contributed by atoms with Gasteiger partial charge < -0.3 is 16.2 Å². The largest absolute Gasteiger partial charge is 0.396 e. The van der Waals surface area contributed by atoms with Crippen LogP contribution in [0.2, 0.25) is 5.02 Å². The summed E-state index contributed by atoms with van der Waals surface area (Å²) in [6, 6.07) is 1.51. The lowest BCUT2D eigenvalue weighted by atomic mass is 9.67. The SMILES string of the molecule is NC(=O)c1cnc(NCC2(CCO)CCC2)c(Cl)c1. The van der Waals surface area contributed by atoms with Gasteiger partial charge in [-0.15, -0.1) is 0 Å². The molecule has 0 bridgehead atoms. The van der Waals surface area contributed by atoms with Gasteiger partial charge in [-0.05, 0) is 30.7 Å². The summed E-state index contributed by atoms with van der Waals surface area (Å²) >= 11 is 6.06. The molecule has 2 rings (SSSR count). The number of hydrogen-bond donors (Lipinski definition) is 3. The van der Waals surface area contributed by atoms with Gasteiger partial charge in [-0.3, -0.25) is 4.79 Å². The molecule has 1 saturated carbocycles. The number of nitrogens with two attached hydrogens (primary N) is 1. The van der Waals surface area contributed by atoms with Crippen molar-refractivity contribution in [2.24, 2.45) is 11.1 Å². The van der Waals surface area contributed by atoms with E-state index >= 15 is 0 Å². The van der Waals surface area contributed by atoms with E-state index in [0.717, 1.165) is 25.8 Å². The molecule has 19 heavy (non-hydrogen) atoms. The van der Waals surface area contributed by atoms with Gasteiger partial charge in [0.1, 0.15) is 5.82 Å². The van der Waals surface area contributed by atoms with E-state index in [1.54, 1.807) is 0 Å². The fourth-order valence-electron chi connectivity index (χ4n) is 2.40. The average molecular weight is 284 g/mol. The molecule has 1 aliphatic rings. The van der Waals surface area contributed by atoms with E-state index < -0.39 is 5.91 Å². The summed E-state index contributed by atoms with van der Waals surface area (Å²) in [6.45, 7) is 0.930. The van der Waals surface area contributed by atoms with Crippen molar-refractivity contribution in [2.75, 3.05) is 18.5 Å². The minimum Gasteiger partial charge on any atom is -0.396 e. The fraction of sp³-hybridized carbons (Fsp3) is 0.538. The van der Waals surface area contributed by atoms with E-state index in [0.29, 0.717) is 16.4 Å². The van der Waals surface area contributed by atoms with Gasteiger partial charge in [0.05, 0.1) is 10.6 Å². The first kappa shape index (κ1) is 14.1. The summed E-state index contributed by atoms with van der Waals surface area (Å²) < 4.78 is 0. The molecule has 1 fully saturated rings. The zero-order valence-electron chi connectivity index (χ0n) is 10.7.